The van der Waals surface area contributed by atoms with Crippen molar-refractivity contribution in [2.45, 2.75) is 50.7 Å². The van der Waals surface area contributed by atoms with Gasteiger partial charge in [-0.1, -0.05) is 30.3 Å². The van der Waals surface area contributed by atoms with Crippen molar-refractivity contribution in [3.63, 3.8) is 0 Å². The van der Waals surface area contributed by atoms with Crippen molar-refractivity contribution < 1.29 is 0 Å². The Morgan fingerprint density at radius 2 is 1.87 bits per heavy atom. The normalized spacial score (nSPS) is 22.0. The van der Waals surface area contributed by atoms with Gasteiger partial charge in [0, 0.05) is 31.5 Å². The molecule has 23 heavy (non-hydrogen) atoms. The van der Waals surface area contributed by atoms with Crippen molar-refractivity contribution in [1.82, 2.24) is 20.1 Å². The first-order valence-corrected chi connectivity index (χ1v) is 9.82. The highest BCUT2D eigenvalue weighted by Gasteiger charge is 2.25. The molecule has 1 saturated heterocycles. The molecule has 0 bridgehead atoms. The summed E-state index contributed by atoms with van der Waals surface area (Å²) in [6.45, 7) is 1.02. The standard InChI is InChI=1S/C18H24N4S/c1-2-4-14(5-3-1)12-18-21-20-17-7-6-16(13-22(17)18)19-15-8-10-23-11-9-15/h1-5,15-16,19H,6-13H2/t16-/m1/s1. The van der Waals surface area contributed by atoms with Gasteiger partial charge in [-0.2, -0.15) is 11.8 Å². The fourth-order valence-electron chi connectivity index (χ4n) is 3.63. The van der Waals surface area contributed by atoms with Crippen LogP contribution in [-0.4, -0.2) is 38.4 Å². The summed E-state index contributed by atoms with van der Waals surface area (Å²) in [5.74, 6) is 4.88. The zero-order chi connectivity index (χ0) is 15.5. The van der Waals surface area contributed by atoms with Crippen LogP contribution in [0.1, 0.15) is 36.5 Å². The molecular formula is C18H24N4S. The van der Waals surface area contributed by atoms with Crippen molar-refractivity contribution in [3.8, 4) is 0 Å². The van der Waals surface area contributed by atoms with Crippen molar-refractivity contribution in [3.05, 3.63) is 47.5 Å². The third-order valence-electron chi connectivity index (χ3n) is 4.92. The fraction of sp³-hybridized carbons (Fsp3) is 0.556. The number of nitrogens with one attached hydrogen (secondary N) is 1. The number of nitrogens with zero attached hydrogens (tertiary/aromatic N) is 3. The van der Waals surface area contributed by atoms with E-state index in [0.29, 0.717) is 12.1 Å². The first-order valence-electron chi connectivity index (χ1n) is 8.67. The lowest BCUT2D eigenvalue weighted by molar-refractivity contribution is 0.327. The van der Waals surface area contributed by atoms with Gasteiger partial charge in [0.2, 0.25) is 0 Å². The Labute approximate surface area is 142 Å². The summed E-state index contributed by atoms with van der Waals surface area (Å²) in [4.78, 5) is 0. The number of thioether (sulfide) groups is 1. The molecule has 0 radical (unpaired) electrons. The van der Waals surface area contributed by atoms with Crippen molar-refractivity contribution in [1.29, 1.82) is 0 Å². The largest absolute Gasteiger partial charge is 0.313 e. The zero-order valence-corrected chi connectivity index (χ0v) is 14.3. The van der Waals surface area contributed by atoms with E-state index >= 15 is 0 Å². The molecule has 4 rings (SSSR count). The van der Waals surface area contributed by atoms with E-state index in [1.807, 2.05) is 0 Å². The number of fused-ring (bicyclic) bond motifs is 1. The minimum atomic E-state index is 0.570. The van der Waals surface area contributed by atoms with Gasteiger partial charge in [-0.05, 0) is 36.3 Å². The lowest BCUT2D eigenvalue weighted by Crippen LogP contribution is -2.45. The van der Waals surface area contributed by atoms with Crippen LogP contribution in [0.4, 0.5) is 0 Å². The monoisotopic (exact) mass is 328 g/mol. The summed E-state index contributed by atoms with van der Waals surface area (Å²) < 4.78 is 2.35. The molecule has 0 unspecified atom stereocenters. The molecule has 0 aliphatic carbocycles. The predicted octanol–water partition coefficient (Wildman–Crippen LogP) is 2.67. The van der Waals surface area contributed by atoms with Crippen LogP contribution in [0.5, 0.6) is 0 Å². The molecule has 4 nitrogen and oxygen atoms in total. The predicted molar refractivity (Wildman–Crippen MR) is 94.9 cm³/mol. The average molecular weight is 328 g/mol. The van der Waals surface area contributed by atoms with E-state index in [9.17, 15) is 0 Å². The molecule has 0 saturated carbocycles. The molecule has 2 aliphatic heterocycles. The van der Waals surface area contributed by atoms with Gasteiger partial charge >= 0.3 is 0 Å². The van der Waals surface area contributed by atoms with Crippen LogP contribution in [0.3, 0.4) is 0 Å². The molecule has 1 aromatic carbocycles. The Morgan fingerprint density at radius 3 is 2.70 bits per heavy atom. The molecule has 1 N–H and O–H groups in total. The number of rotatable bonds is 4. The van der Waals surface area contributed by atoms with E-state index in [4.69, 9.17) is 0 Å². The zero-order valence-electron chi connectivity index (χ0n) is 13.4. The Bertz CT molecular complexity index is 634. The highest BCUT2D eigenvalue weighted by molar-refractivity contribution is 7.99. The first-order chi connectivity index (χ1) is 11.4. The van der Waals surface area contributed by atoms with Crippen molar-refractivity contribution >= 4 is 11.8 Å². The molecule has 3 heterocycles. The SMILES string of the molecule is c1ccc(Cc2nnc3n2C[C@H](NC2CCSCC2)CC3)cc1. The second-order valence-electron chi connectivity index (χ2n) is 6.59. The van der Waals surface area contributed by atoms with Gasteiger partial charge in [0.15, 0.2) is 0 Å². The number of hydrogen-bond donors (Lipinski definition) is 1. The van der Waals surface area contributed by atoms with Crippen LogP contribution in [0.2, 0.25) is 0 Å². The van der Waals surface area contributed by atoms with Crippen LogP contribution in [-0.2, 0) is 19.4 Å². The minimum absolute atomic E-state index is 0.570. The molecule has 2 aromatic rings. The van der Waals surface area contributed by atoms with Crippen LogP contribution in [0.15, 0.2) is 30.3 Å². The van der Waals surface area contributed by atoms with Crippen LogP contribution >= 0.6 is 11.8 Å². The Kier molecular flexibility index (Phi) is 4.67. The highest BCUT2D eigenvalue weighted by atomic mass is 32.2. The van der Waals surface area contributed by atoms with Crippen molar-refractivity contribution in [2.24, 2.45) is 0 Å². The third kappa shape index (κ3) is 3.61. The summed E-state index contributed by atoms with van der Waals surface area (Å²) in [5, 5.41) is 12.8. The van der Waals surface area contributed by atoms with E-state index in [2.05, 4.69) is 62.2 Å². The van der Waals surface area contributed by atoms with E-state index in [1.54, 1.807) is 0 Å². The maximum absolute atomic E-state index is 4.46. The first kappa shape index (κ1) is 15.2. The Hall–Kier alpha value is -1.33. The lowest BCUT2D eigenvalue weighted by Gasteiger charge is -2.31. The molecule has 1 aromatic heterocycles. The van der Waals surface area contributed by atoms with Crippen LogP contribution < -0.4 is 5.32 Å². The molecule has 0 amide bonds. The number of benzene rings is 1. The molecule has 2 aliphatic rings. The Balaban J connectivity index is 1.44. The molecule has 122 valence electrons. The van der Waals surface area contributed by atoms with Crippen LogP contribution in [0, 0.1) is 0 Å². The highest BCUT2D eigenvalue weighted by Crippen LogP contribution is 2.21. The topological polar surface area (TPSA) is 42.7 Å². The summed E-state index contributed by atoms with van der Waals surface area (Å²) in [7, 11) is 0. The maximum atomic E-state index is 4.46. The molecular weight excluding hydrogens is 304 g/mol. The summed E-state index contributed by atoms with van der Waals surface area (Å²) in [6.07, 6.45) is 5.73. The smallest absolute Gasteiger partial charge is 0.137 e. The number of hydrogen-bond acceptors (Lipinski definition) is 4. The number of aryl methyl sites for hydroxylation is 1. The van der Waals surface area contributed by atoms with Gasteiger partial charge in [0.1, 0.15) is 11.6 Å². The van der Waals surface area contributed by atoms with Crippen LogP contribution in [0.25, 0.3) is 0 Å². The third-order valence-corrected chi connectivity index (χ3v) is 5.97. The summed E-state index contributed by atoms with van der Waals surface area (Å²) in [6, 6.07) is 11.9. The number of aromatic nitrogens is 3. The summed E-state index contributed by atoms with van der Waals surface area (Å²) >= 11 is 2.09. The second kappa shape index (κ2) is 7.05. The van der Waals surface area contributed by atoms with Gasteiger partial charge < -0.3 is 9.88 Å². The quantitative estimate of drug-likeness (QED) is 0.937. The lowest BCUT2D eigenvalue weighted by atomic mass is 10.0. The molecule has 0 spiro atoms. The fourth-order valence-corrected chi connectivity index (χ4v) is 4.73. The molecule has 5 heteroatoms. The van der Waals surface area contributed by atoms with E-state index in [0.717, 1.165) is 31.0 Å². The molecule has 1 atom stereocenters. The molecule has 1 fully saturated rings. The summed E-state index contributed by atoms with van der Waals surface area (Å²) in [5.41, 5.74) is 1.31. The van der Waals surface area contributed by atoms with Gasteiger partial charge in [0.25, 0.3) is 0 Å². The van der Waals surface area contributed by atoms with E-state index < -0.39 is 0 Å². The average Bonchev–Trinajstić information content (AvgIpc) is 2.99. The maximum Gasteiger partial charge on any atom is 0.137 e. The van der Waals surface area contributed by atoms with Gasteiger partial charge in [-0.15, -0.1) is 10.2 Å². The van der Waals surface area contributed by atoms with Crippen molar-refractivity contribution in [2.75, 3.05) is 11.5 Å². The second-order valence-corrected chi connectivity index (χ2v) is 7.82. The van der Waals surface area contributed by atoms with E-state index in [1.165, 1.54) is 36.3 Å². The van der Waals surface area contributed by atoms with Gasteiger partial charge in [0.05, 0.1) is 0 Å². The van der Waals surface area contributed by atoms with Gasteiger partial charge in [-0.25, -0.2) is 0 Å². The van der Waals surface area contributed by atoms with Gasteiger partial charge in [-0.3, -0.25) is 0 Å². The Morgan fingerprint density at radius 1 is 1.04 bits per heavy atom. The van der Waals surface area contributed by atoms with E-state index in [-0.39, 0.29) is 0 Å². The minimum Gasteiger partial charge on any atom is -0.313 e.